The molecule has 31 heavy (non-hydrogen) atoms. The van der Waals surface area contributed by atoms with E-state index in [9.17, 15) is 5.11 Å². The smallest absolute Gasteiger partial charge is 0.0638 e. The molecule has 0 radical (unpaired) electrons. The standard InChI is InChI=1S/C29H48O2/c1-18-7-6-9-20(27(18)30)15-22-17-23-16-21-14-13-19-8-2-3-11-25(19)28(21)31-29(23)26-12-5-4-10-24(22)26/h18-30H,2-17H2,1H3. The van der Waals surface area contributed by atoms with Crippen LogP contribution in [0.2, 0.25) is 0 Å². The number of rotatable bonds is 2. The van der Waals surface area contributed by atoms with Gasteiger partial charge in [0.05, 0.1) is 18.3 Å². The predicted octanol–water partition coefficient (Wildman–Crippen LogP) is 6.99. The summed E-state index contributed by atoms with van der Waals surface area (Å²) in [6.07, 6.45) is 23.8. The van der Waals surface area contributed by atoms with Crippen LogP contribution in [0.3, 0.4) is 0 Å². The zero-order valence-electron chi connectivity index (χ0n) is 20.1. The maximum atomic E-state index is 10.9. The topological polar surface area (TPSA) is 29.5 Å². The van der Waals surface area contributed by atoms with Crippen LogP contribution >= 0.6 is 0 Å². The number of aliphatic hydroxyl groups is 1. The Bertz CT molecular complexity index is 618. The second-order valence-electron chi connectivity index (χ2n) is 13.1. The third-order valence-corrected chi connectivity index (χ3v) is 11.6. The van der Waals surface area contributed by atoms with Crippen molar-refractivity contribution in [1.82, 2.24) is 0 Å². The van der Waals surface area contributed by atoms with Crippen LogP contribution in [0.1, 0.15) is 110 Å². The lowest BCUT2D eigenvalue weighted by Crippen LogP contribution is -2.56. The molecular weight excluding hydrogens is 380 g/mol. The van der Waals surface area contributed by atoms with Gasteiger partial charge in [-0.15, -0.1) is 0 Å². The summed E-state index contributed by atoms with van der Waals surface area (Å²) in [4.78, 5) is 0. The van der Waals surface area contributed by atoms with E-state index in [1.165, 1.54) is 103 Å². The second kappa shape index (κ2) is 8.94. The molecule has 1 heterocycles. The summed E-state index contributed by atoms with van der Waals surface area (Å²) in [7, 11) is 0. The SMILES string of the molecule is CC1CCCC(CC2CC3CC4CCC5CCCCC5C4OC3C3CCCCC23)C1O. The van der Waals surface area contributed by atoms with Crippen molar-refractivity contribution in [3.63, 3.8) is 0 Å². The van der Waals surface area contributed by atoms with Crippen molar-refractivity contribution in [1.29, 1.82) is 0 Å². The van der Waals surface area contributed by atoms with Gasteiger partial charge in [-0.1, -0.05) is 45.4 Å². The number of fused-ring (bicyclic) bond motifs is 6. The molecule has 0 aromatic carbocycles. The molecule has 1 aliphatic heterocycles. The van der Waals surface area contributed by atoms with E-state index >= 15 is 0 Å². The van der Waals surface area contributed by atoms with Crippen LogP contribution in [0.5, 0.6) is 0 Å². The molecule has 6 fully saturated rings. The van der Waals surface area contributed by atoms with Crippen LogP contribution in [0, 0.1) is 53.3 Å². The van der Waals surface area contributed by atoms with Gasteiger partial charge in [-0.3, -0.25) is 0 Å². The van der Waals surface area contributed by atoms with Gasteiger partial charge < -0.3 is 9.84 Å². The minimum absolute atomic E-state index is 0.0397. The number of hydrogen-bond donors (Lipinski definition) is 1. The number of ether oxygens (including phenoxy) is 1. The van der Waals surface area contributed by atoms with E-state index in [1.807, 2.05) is 0 Å². The average molecular weight is 429 g/mol. The van der Waals surface area contributed by atoms with E-state index in [4.69, 9.17) is 4.74 Å². The lowest BCUT2D eigenvalue weighted by molar-refractivity contribution is -0.216. The third kappa shape index (κ3) is 3.94. The lowest BCUT2D eigenvalue weighted by Gasteiger charge is -2.58. The molecule has 0 aromatic heterocycles. The van der Waals surface area contributed by atoms with Gasteiger partial charge in [0.1, 0.15) is 0 Å². The molecule has 0 spiro atoms. The highest BCUT2D eigenvalue weighted by molar-refractivity contribution is 5.02. The van der Waals surface area contributed by atoms with Gasteiger partial charge in [-0.2, -0.15) is 0 Å². The van der Waals surface area contributed by atoms with Crippen molar-refractivity contribution in [2.24, 2.45) is 53.3 Å². The molecule has 12 unspecified atom stereocenters. The normalized spacial score (nSPS) is 54.8. The van der Waals surface area contributed by atoms with Crippen molar-refractivity contribution in [3.05, 3.63) is 0 Å². The quantitative estimate of drug-likeness (QED) is 0.513. The first-order valence-corrected chi connectivity index (χ1v) is 14.5. The summed E-state index contributed by atoms with van der Waals surface area (Å²) < 4.78 is 7.26. The molecule has 1 N–H and O–H groups in total. The van der Waals surface area contributed by atoms with Gasteiger partial charge in [0.15, 0.2) is 0 Å². The van der Waals surface area contributed by atoms with E-state index in [-0.39, 0.29) is 6.10 Å². The highest BCUT2D eigenvalue weighted by Crippen LogP contribution is 2.57. The Balaban J connectivity index is 1.20. The van der Waals surface area contributed by atoms with E-state index in [1.54, 1.807) is 0 Å². The van der Waals surface area contributed by atoms with Gasteiger partial charge in [0.2, 0.25) is 0 Å². The minimum Gasteiger partial charge on any atom is -0.393 e. The van der Waals surface area contributed by atoms with Gasteiger partial charge in [-0.05, 0) is 117 Å². The maximum Gasteiger partial charge on any atom is 0.0638 e. The average Bonchev–Trinajstić information content (AvgIpc) is 2.81. The van der Waals surface area contributed by atoms with Gasteiger partial charge in [-0.25, -0.2) is 0 Å². The van der Waals surface area contributed by atoms with Crippen LogP contribution in [-0.2, 0) is 4.74 Å². The monoisotopic (exact) mass is 428 g/mol. The lowest BCUT2D eigenvalue weighted by atomic mass is 9.55. The first kappa shape index (κ1) is 21.5. The zero-order valence-corrected chi connectivity index (χ0v) is 20.1. The Morgan fingerprint density at radius 2 is 1.32 bits per heavy atom. The minimum atomic E-state index is -0.0397. The molecule has 0 amide bonds. The van der Waals surface area contributed by atoms with Gasteiger partial charge in [0, 0.05) is 0 Å². The van der Waals surface area contributed by atoms with Crippen LogP contribution in [-0.4, -0.2) is 23.4 Å². The first-order chi connectivity index (χ1) is 15.2. The van der Waals surface area contributed by atoms with Crippen molar-refractivity contribution < 1.29 is 9.84 Å². The second-order valence-corrected chi connectivity index (χ2v) is 13.1. The third-order valence-electron chi connectivity index (χ3n) is 11.6. The molecule has 5 saturated carbocycles. The molecular formula is C29H48O2. The molecule has 2 nitrogen and oxygen atoms in total. The highest BCUT2D eigenvalue weighted by atomic mass is 16.5. The fraction of sp³-hybridized carbons (Fsp3) is 1.00. The summed E-state index contributed by atoms with van der Waals surface area (Å²) in [6.45, 7) is 2.29. The molecule has 2 heteroatoms. The molecule has 12 atom stereocenters. The van der Waals surface area contributed by atoms with Crippen molar-refractivity contribution in [2.75, 3.05) is 0 Å². The zero-order chi connectivity index (χ0) is 20.9. The summed E-state index contributed by atoms with van der Waals surface area (Å²) in [5.41, 5.74) is 0. The van der Waals surface area contributed by atoms with E-state index < -0.39 is 0 Å². The Kier molecular flexibility index (Phi) is 6.18. The van der Waals surface area contributed by atoms with E-state index in [2.05, 4.69) is 6.92 Å². The van der Waals surface area contributed by atoms with Crippen LogP contribution in [0.4, 0.5) is 0 Å². The van der Waals surface area contributed by atoms with Crippen LogP contribution in [0.15, 0.2) is 0 Å². The van der Waals surface area contributed by atoms with Crippen molar-refractivity contribution in [2.45, 2.75) is 128 Å². The van der Waals surface area contributed by atoms with E-state index in [0.717, 1.165) is 41.4 Å². The molecule has 176 valence electrons. The Hall–Kier alpha value is -0.0800. The first-order valence-electron chi connectivity index (χ1n) is 14.5. The fourth-order valence-electron chi connectivity index (χ4n) is 10.1. The summed E-state index contributed by atoms with van der Waals surface area (Å²) in [5, 5.41) is 10.9. The molecule has 0 aromatic rings. The number of aliphatic hydroxyl groups excluding tert-OH is 1. The van der Waals surface area contributed by atoms with Crippen LogP contribution < -0.4 is 0 Å². The summed E-state index contributed by atoms with van der Waals surface area (Å²) in [6, 6.07) is 0. The largest absolute Gasteiger partial charge is 0.393 e. The van der Waals surface area contributed by atoms with Crippen molar-refractivity contribution in [3.8, 4) is 0 Å². The van der Waals surface area contributed by atoms with Gasteiger partial charge in [0.25, 0.3) is 0 Å². The Labute approximate surface area is 191 Å². The molecule has 6 aliphatic rings. The Morgan fingerprint density at radius 1 is 0.613 bits per heavy atom. The maximum absolute atomic E-state index is 10.9. The van der Waals surface area contributed by atoms with E-state index in [0.29, 0.717) is 24.0 Å². The summed E-state index contributed by atoms with van der Waals surface area (Å²) in [5.74, 6) is 7.24. The van der Waals surface area contributed by atoms with Gasteiger partial charge >= 0.3 is 0 Å². The Morgan fingerprint density at radius 3 is 2.19 bits per heavy atom. The van der Waals surface area contributed by atoms with Crippen LogP contribution in [0.25, 0.3) is 0 Å². The summed E-state index contributed by atoms with van der Waals surface area (Å²) >= 11 is 0. The highest BCUT2D eigenvalue weighted by Gasteiger charge is 2.53. The molecule has 5 aliphatic carbocycles. The fourth-order valence-corrected chi connectivity index (χ4v) is 10.1. The molecule has 0 bridgehead atoms. The predicted molar refractivity (Wildman–Crippen MR) is 126 cm³/mol. The molecule has 6 rings (SSSR count). The molecule has 1 saturated heterocycles. The number of hydrogen-bond acceptors (Lipinski definition) is 2. The van der Waals surface area contributed by atoms with Crippen molar-refractivity contribution >= 4 is 0 Å².